The molecule has 0 bridgehead atoms. The van der Waals surface area contributed by atoms with E-state index in [1.165, 1.54) is 22.8 Å². The molecule has 3 rings (SSSR count). The van der Waals surface area contributed by atoms with Gasteiger partial charge in [-0.2, -0.15) is 0 Å². The number of benzene rings is 2. The molecule has 0 fully saturated rings. The topological polar surface area (TPSA) is 55.2 Å². The Morgan fingerprint density at radius 1 is 1.18 bits per heavy atom. The summed E-state index contributed by atoms with van der Waals surface area (Å²) < 4.78 is 15.2. The number of nitrogens with zero attached hydrogens (tertiary/aromatic N) is 3. The van der Waals surface area contributed by atoms with Gasteiger partial charge in [-0.1, -0.05) is 51.4 Å². The van der Waals surface area contributed by atoms with Crippen molar-refractivity contribution in [3.8, 4) is 5.69 Å². The van der Waals surface area contributed by atoms with Gasteiger partial charge in [0, 0.05) is 13.5 Å². The van der Waals surface area contributed by atoms with Crippen LogP contribution in [0.25, 0.3) is 16.6 Å². The lowest BCUT2D eigenvalue weighted by atomic mass is 9.84. The molecular weight excluding hydrogens is 441 g/mol. The predicted molar refractivity (Wildman–Crippen MR) is 131 cm³/mol. The van der Waals surface area contributed by atoms with Crippen molar-refractivity contribution in [1.29, 1.82) is 0 Å². The molecule has 1 amide bonds. The number of para-hydroxylation sites is 1. The van der Waals surface area contributed by atoms with Crippen molar-refractivity contribution in [1.82, 2.24) is 14.5 Å². The Balaban J connectivity index is 2.06. The summed E-state index contributed by atoms with van der Waals surface area (Å²) in [5, 5.41) is 0.341. The van der Waals surface area contributed by atoms with Crippen molar-refractivity contribution in [2.45, 2.75) is 53.5 Å². The van der Waals surface area contributed by atoms with E-state index in [0.29, 0.717) is 28.8 Å². The van der Waals surface area contributed by atoms with Crippen LogP contribution in [0.3, 0.4) is 0 Å². The molecule has 0 radical (unpaired) electrons. The molecular formula is C26H31ClFN3O2. The summed E-state index contributed by atoms with van der Waals surface area (Å²) in [6.45, 7) is 10.4. The van der Waals surface area contributed by atoms with Crippen LogP contribution in [0.1, 0.15) is 59.3 Å². The van der Waals surface area contributed by atoms with Crippen LogP contribution >= 0.6 is 11.6 Å². The minimum atomic E-state index is -0.572. The Labute approximate surface area is 199 Å². The fourth-order valence-corrected chi connectivity index (χ4v) is 4.43. The van der Waals surface area contributed by atoms with E-state index in [1.807, 2.05) is 13.0 Å². The molecule has 2 aromatic carbocycles. The van der Waals surface area contributed by atoms with E-state index >= 15 is 0 Å². The number of hydrogen-bond donors (Lipinski definition) is 0. The molecule has 5 nitrogen and oxygen atoms in total. The van der Waals surface area contributed by atoms with Crippen LogP contribution in [0.5, 0.6) is 0 Å². The van der Waals surface area contributed by atoms with Crippen molar-refractivity contribution in [3.63, 3.8) is 0 Å². The van der Waals surface area contributed by atoms with Crippen LogP contribution in [-0.4, -0.2) is 27.4 Å². The molecule has 2 unspecified atom stereocenters. The Morgan fingerprint density at radius 3 is 2.48 bits per heavy atom. The zero-order valence-corrected chi connectivity index (χ0v) is 20.8. The number of carbonyl (C=O) groups excluding carboxylic acids is 1. The molecule has 0 N–H and O–H groups in total. The third-order valence-corrected chi connectivity index (χ3v) is 6.08. The van der Waals surface area contributed by atoms with Gasteiger partial charge in [0.25, 0.3) is 5.56 Å². The molecule has 3 aromatic rings. The maximum Gasteiger partial charge on any atom is 0.266 e. The van der Waals surface area contributed by atoms with Gasteiger partial charge >= 0.3 is 0 Å². The molecule has 0 aliphatic heterocycles. The maximum atomic E-state index is 13.8. The minimum absolute atomic E-state index is 0.0228. The third-order valence-electron chi connectivity index (χ3n) is 5.79. The minimum Gasteiger partial charge on any atom is -0.336 e. The van der Waals surface area contributed by atoms with Gasteiger partial charge in [0.15, 0.2) is 0 Å². The fraction of sp³-hybridized carbons (Fsp3) is 0.423. The lowest BCUT2D eigenvalue weighted by Gasteiger charge is -2.29. The summed E-state index contributed by atoms with van der Waals surface area (Å²) in [5.74, 6) is 0.0119. The fourth-order valence-electron chi connectivity index (χ4n) is 4.25. The highest BCUT2D eigenvalue weighted by Gasteiger charge is 2.26. The highest BCUT2D eigenvalue weighted by Crippen LogP contribution is 2.28. The first-order valence-electron chi connectivity index (χ1n) is 11.1. The molecule has 1 heterocycles. The number of amides is 1. The van der Waals surface area contributed by atoms with Crippen LogP contribution in [-0.2, 0) is 4.79 Å². The maximum absolute atomic E-state index is 13.8. The molecule has 1 aromatic heterocycles. The standard InChI is InChI=1S/C26H31ClFN3O2/c1-16(15-26(3,4)5)13-23(32)30(6)17(2)24-29-22-10-8-7-9-19(22)25(33)31(24)18-11-12-21(28)20(27)14-18/h7-12,14,16-17H,13,15H2,1-6H3. The lowest BCUT2D eigenvalue weighted by Crippen LogP contribution is -2.35. The van der Waals surface area contributed by atoms with Gasteiger partial charge in [-0.3, -0.25) is 14.2 Å². The quantitative estimate of drug-likeness (QED) is 0.432. The highest BCUT2D eigenvalue weighted by atomic mass is 35.5. The normalized spacial score (nSPS) is 13.7. The number of aromatic nitrogens is 2. The van der Waals surface area contributed by atoms with E-state index in [9.17, 15) is 14.0 Å². The SMILES string of the molecule is CC(CC(=O)N(C)C(C)c1nc2ccccc2c(=O)n1-c1ccc(F)c(Cl)c1)CC(C)(C)C. The van der Waals surface area contributed by atoms with Gasteiger partial charge in [-0.25, -0.2) is 9.37 Å². The van der Waals surface area contributed by atoms with E-state index in [0.717, 1.165) is 6.42 Å². The molecule has 2 atom stereocenters. The first-order chi connectivity index (χ1) is 15.4. The summed E-state index contributed by atoms with van der Waals surface area (Å²) in [6, 6.07) is 10.7. The molecule has 0 spiro atoms. The van der Waals surface area contributed by atoms with Gasteiger partial charge in [-0.05, 0) is 55.0 Å². The molecule has 0 saturated heterocycles. The van der Waals surface area contributed by atoms with Gasteiger partial charge in [0.05, 0.1) is 27.7 Å². The number of carbonyl (C=O) groups is 1. The monoisotopic (exact) mass is 471 g/mol. The molecule has 33 heavy (non-hydrogen) atoms. The second kappa shape index (κ2) is 9.64. The molecule has 0 aliphatic carbocycles. The van der Waals surface area contributed by atoms with Crippen LogP contribution in [0.15, 0.2) is 47.3 Å². The average Bonchev–Trinajstić information content (AvgIpc) is 2.73. The van der Waals surface area contributed by atoms with Crippen LogP contribution in [0, 0.1) is 17.2 Å². The average molecular weight is 472 g/mol. The van der Waals surface area contributed by atoms with Crippen molar-refractivity contribution < 1.29 is 9.18 Å². The first kappa shape index (κ1) is 24.9. The van der Waals surface area contributed by atoms with Crippen molar-refractivity contribution in [3.05, 3.63) is 69.5 Å². The number of hydrogen-bond acceptors (Lipinski definition) is 3. The Bertz CT molecular complexity index is 1230. The smallest absolute Gasteiger partial charge is 0.266 e. The molecule has 0 aliphatic rings. The summed E-state index contributed by atoms with van der Waals surface area (Å²) in [6.07, 6.45) is 1.33. The summed E-state index contributed by atoms with van der Waals surface area (Å²) in [5.41, 5.74) is 0.767. The largest absolute Gasteiger partial charge is 0.336 e. The first-order valence-corrected chi connectivity index (χ1v) is 11.5. The van der Waals surface area contributed by atoms with Crippen LogP contribution < -0.4 is 5.56 Å². The lowest BCUT2D eigenvalue weighted by molar-refractivity contribution is -0.133. The van der Waals surface area contributed by atoms with E-state index < -0.39 is 11.9 Å². The zero-order valence-electron chi connectivity index (χ0n) is 20.0. The van der Waals surface area contributed by atoms with E-state index in [4.69, 9.17) is 16.6 Å². The highest BCUT2D eigenvalue weighted by molar-refractivity contribution is 6.30. The van der Waals surface area contributed by atoms with Crippen molar-refractivity contribution >= 4 is 28.4 Å². The number of fused-ring (bicyclic) bond motifs is 1. The van der Waals surface area contributed by atoms with Gasteiger partial charge in [-0.15, -0.1) is 0 Å². The predicted octanol–water partition coefficient (Wildman–Crippen LogP) is 6.16. The van der Waals surface area contributed by atoms with Gasteiger partial charge in [0.2, 0.25) is 5.91 Å². The Hall–Kier alpha value is -2.73. The van der Waals surface area contributed by atoms with Crippen molar-refractivity contribution in [2.75, 3.05) is 7.05 Å². The molecule has 176 valence electrons. The molecule has 7 heteroatoms. The second-order valence-corrected chi connectivity index (χ2v) is 10.4. The van der Waals surface area contributed by atoms with Crippen LogP contribution in [0.2, 0.25) is 5.02 Å². The van der Waals surface area contributed by atoms with E-state index in [1.54, 1.807) is 30.1 Å². The van der Waals surface area contributed by atoms with Gasteiger partial charge in [0.1, 0.15) is 11.6 Å². The summed E-state index contributed by atoms with van der Waals surface area (Å²) in [4.78, 5) is 32.9. The summed E-state index contributed by atoms with van der Waals surface area (Å²) >= 11 is 6.01. The van der Waals surface area contributed by atoms with E-state index in [2.05, 4.69) is 27.7 Å². The van der Waals surface area contributed by atoms with Crippen molar-refractivity contribution in [2.24, 2.45) is 11.3 Å². The number of rotatable bonds is 6. The zero-order chi connectivity index (χ0) is 24.5. The second-order valence-electron chi connectivity index (χ2n) is 9.98. The van der Waals surface area contributed by atoms with Crippen LogP contribution in [0.4, 0.5) is 4.39 Å². The third kappa shape index (κ3) is 5.61. The summed E-state index contributed by atoms with van der Waals surface area (Å²) in [7, 11) is 1.72. The van der Waals surface area contributed by atoms with E-state index in [-0.39, 0.29) is 27.8 Å². The van der Waals surface area contributed by atoms with Gasteiger partial charge < -0.3 is 4.90 Å². The Kier molecular flexibility index (Phi) is 7.27. The Morgan fingerprint density at radius 2 is 1.85 bits per heavy atom. The number of halogens is 2. The molecule has 0 saturated carbocycles.